The lowest BCUT2D eigenvalue weighted by Crippen LogP contribution is -2.13. The summed E-state index contributed by atoms with van der Waals surface area (Å²) in [6, 6.07) is 12.3. The van der Waals surface area contributed by atoms with Crippen molar-refractivity contribution in [2.75, 3.05) is 0 Å². The van der Waals surface area contributed by atoms with Gasteiger partial charge in [0, 0.05) is 22.9 Å². The van der Waals surface area contributed by atoms with Crippen LogP contribution >= 0.6 is 11.8 Å². The van der Waals surface area contributed by atoms with Crippen LogP contribution in [0.2, 0.25) is 0 Å². The highest BCUT2D eigenvalue weighted by atomic mass is 32.2. The molecule has 3 rings (SSSR count). The number of fused-ring (bicyclic) bond motifs is 1. The Morgan fingerprint density at radius 2 is 2.18 bits per heavy atom. The monoisotopic (exact) mass is 243 g/mol. The molecule has 0 bridgehead atoms. The van der Waals surface area contributed by atoms with Gasteiger partial charge in [-0.2, -0.15) is 0 Å². The molecule has 2 aromatic rings. The molecule has 0 aliphatic carbocycles. The Hall–Kier alpha value is -1.48. The predicted octanol–water partition coefficient (Wildman–Crippen LogP) is 3.02. The van der Waals surface area contributed by atoms with Gasteiger partial charge in [0.15, 0.2) is 6.29 Å². The summed E-state index contributed by atoms with van der Waals surface area (Å²) in [6.07, 6.45) is 4.00. The molecule has 0 amide bonds. The lowest BCUT2D eigenvalue weighted by molar-refractivity contribution is 0.111. The van der Waals surface area contributed by atoms with Crippen LogP contribution in [0.4, 0.5) is 0 Å². The van der Waals surface area contributed by atoms with Crippen LogP contribution in [0.1, 0.15) is 16.1 Å². The number of aldehydes is 1. The second-order valence-corrected chi connectivity index (χ2v) is 5.60. The molecule has 1 atom stereocenters. The van der Waals surface area contributed by atoms with E-state index in [1.807, 2.05) is 34.7 Å². The predicted molar refractivity (Wildman–Crippen MR) is 69.6 cm³/mol. The molecule has 2 heterocycles. The second kappa shape index (κ2) is 4.41. The molecule has 0 spiro atoms. The molecule has 17 heavy (non-hydrogen) atoms. The van der Waals surface area contributed by atoms with Gasteiger partial charge >= 0.3 is 0 Å². The van der Waals surface area contributed by atoms with Crippen LogP contribution in [0, 0.1) is 0 Å². The van der Waals surface area contributed by atoms with Crippen LogP contribution in [-0.4, -0.2) is 16.1 Å². The first-order valence-corrected chi connectivity index (χ1v) is 6.59. The molecular formula is C14H13NOS. The van der Waals surface area contributed by atoms with Crippen molar-refractivity contribution in [3.63, 3.8) is 0 Å². The number of carbonyl (C=O) groups excluding carboxylic acids is 1. The average Bonchev–Trinajstić information content (AvgIpc) is 2.94. The first-order valence-electron chi connectivity index (χ1n) is 5.71. The van der Waals surface area contributed by atoms with Gasteiger partial charge in [0.25, 0.3) is 0 Å². The SMILES string of the molecule is O=Cc1cccn1CC1Cc2ccccc2S1. The Kier molecular flexibility index (Phi) is 2.77. The van der Waals surface area contributed by atoms with Crippen molar-refractivity contribution in [3.8, 4) is 0 Å². The fourth-order valence-corrected chi connectivity index (χ4v) is 3.59. The fourth-order valence-electron chi connectivity index (χ4n) is 2.28. The Labute approximate surface area is 105 Å². The van der Waals surface area contributed by atoms with Crippen molar-refractivity contribution < 1.29 is 4.79 Å². The third-order valence-corrected chi connectivity index (χ3v) is 4.40. The summed E-state index contributed by atoms with van der Waals surface area (Å²) in [7, 11) is 0. The molecule has 3 heteroatoms. The molecule has 1 unspecified atom stereocenters. The van der Waals surface area contributed by atoms with E-state index in [9.17, 15) is 4.79 Å². The van der Waals surface area contributed by atoms with Crippen molar-refractivity contribution in [2.24, 2.45) is 0 Å². The number of thioether (sulfide) groups is 1. The lowest BCUT2D eigenvalue weighted by Gasteiger charge is -2.11. The minimum absolute atomic E-state index is 0.540. The van der Waals surface area contributed by atoms with Crippen LogP contribution < -0.4 is 0 Å². The quantitative estimate of drug-likeness (QED) is 0.773. The van der Waals surface area contributed by atoms with Gasteiger partial charge in [-0.1, -0.05) is 18.2 Å². The first kappa shape index (κ1) is 10.7. The van der Waals surface area contributed by atoms with Crippen LogP contribution in [-0.2, 0) is 13.0 Å². The average molecular weight is 243 g/mol. The van der Waals surface area contributed by atoms with Crippen LogP contribution in [0.25, 0.3) is 0 Å². The maximum absolute atomic E-state index is 10.9. The number of hydrogen-bond acceptors (Lipinski definition) is 2. The van der Waals surface area contributed by atoms with E-state index in [4.69, 9.17) is 0 Å². The van der Waals surface area contributed by atoms with E-state index < -0.39 is 0 Å². The van der Waals surface area contributed by atoms with E-state index in [1.165, 1.54) is 10.5 Å². The van der Waals surface area contributed by atoms with Gasteiger partial charge in [-0.05, 0) is 30.2 Å². The molecule has 1 aliphatic heterocycles. The summed E-state index contributed by atoms with van der Waals surface area (Å²) in [5, 5.41) is 0.540. The number of rotatable bonds is 3. The highest BCUT2D eigenvalue weighted by Crippen LogP contribution is 2.37. The van der Waals surface area contributed by atoms with E-state index in [0.717, 1.165) is 24.9 Å². The minimum Gasteiger partial charge on any atom is -0.344 e. The van der Waals surface area contributed by atoms with Gasteiger partial charge in [0.05, 0.1) is 5.69 Å². The Balaban J connectivity index is 1.76. The Morgan fingerprint density at radius 3 is 3.00 bits per heavy atom. The molecule has 1 aromatic carbocycles. The Bertz CT molecular complexity index is 522. The van der Waals surface area contributed by atoms with Gasteiger partial charge < -0.3 is 4.57 Å². The topological polar surface area (TPSA) is 22.0 Å². The lowest BCUT2D eigenvalue weighted by atomic mass is 10.1. The minimum atomic E-state index is 0.540. The van der Waals surface area contributed by atoms with Crippen molar-refractivity contribution in [2.45, 2.75) is 23.1 Å². The summed E-state index contributed by atoms with van der Waals surface area (Å²) < 4.78 is 2.04. The standard InChI is InChI=1S/C14H13NOS/c16-10-12-5-3-7-15(12)9-13-8-11-4-1-2-6-14(11)17-13/h1-7,10,13H,8-9H2. The molecule has 0 saturated heterocycles. The number of aromatic nitrogens is 1. The largest absolute Gasteiger partial charge is 0.344 e. The smallest absolute Gasteiger partial charge is 0.166 e. The summed E-state index contributed by atoms with van der Waals surface area (Å²) in [5.41, 5.74) is 2.20. The second-order valence-electron chi connectivity index (χ2n) is 4.25. The number of carbonyl (C=O) groups is 1. The summed E-state index contributed by atoms with van der Waals surface area (Å²) in [5.74, 6) is 0. The van der Waals surface area contributed by atoms with Crippen molar-refractivity contribution in [1.82, 2.24) is 4.57 Å². The summed E-state index contributed by atoms with van der Waals surface area (Å²) in [6.45, 7) is 0.903. The molecule has 1 aliphatic rings. The molecule has 0 radical (unpaired) electrons. The number of hydrogen-bond donors (Lipinski definition) is 0. The maximum Gasteiger partial charge on any atom is 0.166 e. The number of benzene rings is 1. The molecule has 86 valence electrons. The van der Waals surface area contributed by atoms with Crippen molar-refractivity contribution >= 4 is 18.0 Å². The van der Waals surface area contributed by atoms with Crippen LogP contribution in [0.15, 0.2) is 47.5 Å². The molecular weight excluding hydrogens is 230 g/mol. The maximum atomic E-state index is 10.9. The van der Waals surface area contributed by atoms with Gasteiger partial charge in [-0.15, -0.1) is 11.8 Å². The molecule has 2 nitrogen and oxygen atoms in total. The van der Waals surface area contributed by atoms with E-state index in [0.29, 0.717) is 5.25 Å². The normalized spacial score (nSPS) is 18.0. The van der Waals surface area contributed by atoms with Crippen molar-refractivity contribution in [1.29, 1.82) is 0 Å². The zero-order valence-electron chi connectivity index (χ0n) is 9.37. The van der Waals surface area contributed by atoms with E-state index in [2.05, 4.69) is 24.3 Å². The van der Waals surface area contributed by atoms with Crippen LogP contribution in [0.3, 0.4) is 0 Å². The third kappa shape index (κ3) is 2.03. The van der Waals surface area contributed by atoms with Gasteiger partial charge in [-0.25, -0.2) is 0 Å². The van der Waals surface area contributed by atoms with Crippen LogP contribution in [0.5, 0.6) is 0 Å². The van der Waals surface area contributed by atoms with Gasteiger partial charge in [0.2, 0.25) is 0 Å². The number of nitrogens with zero attached hydrogens (tertiary/aromatic N) is 1. The van der Waals surface area contributed by atoms with E-state index in [-0.39, 0.29) is 0 Å². The fraction of sp³-hybridized carbons (Fsp3) is 0.214. The highest BCUT2D eigenvalue weighted by Gasteiger charge is 2.22. The van der Waals surface area contributed by atoms with E-state index >= 15 is 0 Å². The molecule has 0 fully saturated rings. The zero-order chi connectivity index (χ0) is 11.7. The third-order valence-electron chi connectivity index (χ3n) is 3.10. The molecule has 1 aromatic heterocycles. The molecule has 0 saturated carbocycles. The zero-order valence-corrected chi connectivity index (χ0v) is 10.2. The molecule has 0 N–H and O–H groups in total. The highest BCUT2D eigenvalue weighted by molar-refractivity contribution is 8.00. The van der Waals surface area contributed by atoms with Gasteiger partial charge in [0.1, 0.15) is 0 Å². The van der Waals surface area contributed by atoms with Crippen molar-refractivity contribution in [3.05, 3.63) is 53.9 Å². The summed E-state index contributed by atoms with van der Waals surface area (Å²) in [4.78, 5) is 12.2. The first-order chi connectivity index (χ1) is 8.36. The van der Waals surface area contributed by atoms with Gasteiger partial charge in [-0.3, -0.25) is 4.79 Å². The summed E-state index contributed by atoms with van der Waals surface area (Å²) >= 11 is 1.92. The van der Waals surface area contributed by atoms with E-state index in [1.54, 1.807) is 0 Å². The Morgan fingerprint density at radius 1 is 1.29 bits per heavy atom.